The largest absolute Gasteiger partial charge is 0.429 e. The second-order valence-corrected chi connectivity index (χ2v) is 8.90. The zero-order valence-electron chi connectivity index (χ0n) is 15.0. The van der Waals surface area contributed by atoms with Crippen LogP contribution in [-0.4, -0.2) is 16.7 Å². The van der Waals surface area contributed by atoms with E-state index in [9.17, 15) is 9.90 Å². The van der Waals surface area contributed by atoms with Gasteiger partial charge in [-0.3, -0.25) is 0 Å². The summed E-state index contributed by atoms with van der Waals surface area (Å²) in [6.07, 6.45) is 9.77. The van der Waals surface area contributed by atoms with Gasteiger partial charge in [-0.05, 0) is 79.7 Å². The highest BCUT2D eigenvalue weighted by Crippen LogP contribution is 2.60. The average molecular weight is 397 g/mol. The van der Waals surface area contributed by atoms with Gasteiger partial charge in [-0.15, -0.1) is 0 Å². The molecular formula is C20H29BrO3. The lowest BCUT2D eigenvalue weighted by Crippen LogP contribution is -2.35. The monoisotopic (exact) mass is 396 g/mol. The Kier molecular flexibility index (Phi) is 5.00. The molecule has 0 amide bonds. The van der Waals surface area contributed by atoms with Crippen LogP contribution in [-0.2, 0) is 9.53 Å². The van der Waals surface area contributed by atoms with Gasteiger partial charge in [0.05, 0.1) is 0 Å². The van der Waals surface area contributed by atoms with Crippen molar-refractivity contribution in [1.29, 1.82) is 0 Å². The fourth-order valence-electron chi connectivity index (χ4n) is 5.46. The molecule has 2 aliphatic carbocycles. The number of carbonyl (C=O) groups is 1. The van der Waals surface area contributed by atoms with Crippen LogP contribution in [0, 0.1) is 23.2 Å². The molecule has 2 fully saturated rings. The molecule has 0 spiro atoms. The minimum atomic E-state index is -1.44. The predicted molar refractivity (Wildman–Crippen MR) is 98.4 cm³/mol. The van der Waals surface area contributed by atoms with Crippen molar-refractivity contribution >= 4 is 21.9 Å². The number of allylic oxidation sites excluding steroid dienone is 2. The third-order valence-electron chi connectivity index (χ3n) is 6.79. The third kappa shape index (κ3) is 3.12. The van der Waals surface area contributed by atoms with Crippen molar-refractivity contribution in [2.45, 2.75) is 71.3 Å². The van der Waals surface area contributed by atoms with Crippen molar-refractivity contribution < 1.29 is 14.6 Å². The molecule has 0 aromatic rings. The Labute approximate surface area is 153 Å². The molecule has 0 bridgehead atoms. The summed E-state index contributed by atoms with van der Waals surface area (Å²) in [5.41, 5.74) is 0.563. The van der Waals surface area contributed by atoms with Crippen molar-refractivity contribution in [2.75, 3.05) is 0 Å². The lowest BCUT2D eigenvalue weighted by Gasteiger charge is -2.44. The van der Waals surface area contributed by atoms with Crippen molar-refractivity contribution in [2.24, 2.45) is 23.2 Å². The van der Waals surface area contributed by atoms with E-state index < -0.39 is 11.6 Å². The minimum Gasteiger partial charge on any atom is -0.429 e. The van der Waals surface area contributed by atoms with E-state index >= 15 is 0 Å². The van der Waals surface area contributed by atoms with E-state index in [0.717, 1.165) is 24.7 Å². The topological polar surface area (TPSA) is 46.5 Å². The highest BCUT2D eigenvalue weighted by atomic mass is 79.9. The van der Waals surface area contributed by atoms with E-state index in [1.165, 1.54) is 39.0 Å². The standard InChI is InChI=1S/C20H29BrO3/c1-13(6-7-15-11-20(3,23)18(22)24-15)16-8-9-17-14(12-21)5-4-10-19(16,17)2/h11-13,16-17,23H,4-10H2,1-3H3/t13-,16-,17?,19-,20-/m1/s1. The summed E-state index contributed by atoms with van der Waals surface area (Å²) >= 11 is 3.58. The average Bonchev–Trinajstić information content (AvgIpc) is 3.00. The molecule has 24 heavy (non-hydrogen) atoms. The van der Waals surface area contributed by atoms with Crippen molar-refractivity contribution in [1.82, 2.24) is 0 Å². The number of cyclic esters (lactones) is 1. The van der Waals surface area contributed by atoms with Crippen molar-refractivity contribution in [3.63, 3.8) is 0 Å². The molecule has 5 atom stereocenters. The fraction of sp³-hybridized carbons (Fsp3) is 0.750. The highest BCUT2D eigenvalue weighted by Gasteiger charge is 2.50. The Bertz CT molecular complexity index is 577. The van der Waals surface area contributed by atoms with Gasteiger partial charge in [-0.25, -0.2) is 4.79 Å². The quantitative estimate of drug-likeness (QED) is 0.673. The summed E-state index contributed by atoms with van der Waals surface area (Å²) in [6, 6.07) is 0. The zero-order chi connectivity index (χ0) is 17.5. The van der Waals surface area contributed by atoms with Gasteiger partial charge in [0.2, 0.25) is 0 Å². The molecule has 0 radical (unpaired) electrons. The first-order chi connectivity index (χ1) is 11.3. The first-order valence-electron chi connectivity index (χ1n) is 9.23. The molecule has 3 rings (SSSR count). The number of hydrogen-bond donors (Lipinski definition) is 1. The summed E-state index contributed by atoms with van der Waals surface area (Å²) in [5.74, 6) is 2.14. The van der Waals surface area contributed by atoms with Crippen LogP contribution in [0.15, 0.2) is 22.4 Å². The van der Waals surface area contributed by atoms with Crippen LogP contribution in [0.5, 0.6) is 0 Å². The molecule has 3 nitrogen and oxygen atoms in total. The number of esters is 1. The van der Waals surface area contributed by atoms with Gasteiger partial charge in [-0.1, -0.05) is 35.4 Å². The van der Waals surface area contributed by atoms with Gasteiger partial charge in [0.1, 0.15) is 5.76 Å². The van der Waals surface area contributed by atoms with Gasteiger partial charge in [0, 0.05) is 6.42 Å². The number of halogens is 1. The number of rotatable bonds is 4. The van der Waals surface area contributed by atoms with E-state index in [1.54, 1.807) is 11.6 Å². The zero-order valence-corrected chi connectivity index (χ0v) is 16.6. The smallest absolute Gasteiger partial charge is 0.347 e. The Morgan fingerprint density at radius 2 is 2.21 bits per heavy atom. The normalized spacial score (nSPS) is 42.0. The number of carbonyl (C=O) groups excluding carboxylic acids is 1. The summed E-state index contributed by atoms with van der Waals surface area (Å²) in [6.45, 7) is 6.32. The molecule has 1 aliphatic heterocycles. The molecule has 0 aromatic heterocycles. The van der Waals surface area contributed by atoms with E-state index in [1.807, 2.05) is 0 Å². The van der Waals surface area contributed by atoms with Gasteiger partial charge >= 0.3 is 5.97 Å². The van der Waals surface area contributed by atoms with Crippen LogP contribution in [0.2, 0.25) is 0 Å². The molecule has 0 aromatic carbocycles. The van der Waals surface area contributed by atoms with Crippen LogP contribution >= 0.6 is 15.9 Å². The maximum absolute atomic E-state index is 11.6. The lowest BCUT2D eigenvalue weighted by atomic mass is 9.61. The summed E-state index contributed by atoms with van der Waals surface area (Å²) < 4.78 is 5.21. The number of ether oxygens (including phenoxy) is 1. The molecule has 2 saturated carbocycles. The van der Waals surface area contributed by atoms with Crippen molar-refractivity contribution in [3.05, 3.63) is 22.4 Å². The Balaban J connectivity index is 1.64. The number of hydrogen-bond acceptors (Lipinski definition) is 3. The highest BCUT2D eigenvalue weighted by molar-refractivity contribution is 9.11. The molecule has 1 unspecified atom stereocenters. The maximum Gasteiger partial charge on any atom is 0.347 e. The maximum atomic E-state index is 11.6. The lowest BCUT2D eigenvalue weighted by molar-refractivity contribution is -0.150. The first kappa shape index (κ1) is 18.2. The number of fused-ring (bicyclic) bond motifs is 1. The van der Waals surface area contributed by atoms with Gasteiger partial charge in [-0.2, -0.15) is 0 Å². The molecule has 1 heterocycles. The minimum absolute atomic E-state index is 0.406. The van der Waals surface area contributed by atoms with E-state index in [0.29, 0.717) is 17.1 Å². The Hall–Kier alpha value is -0.610. The predicted octanol–water partition coefficient (Wildman–Crippen LogP) is 5.09. The third-order valence-corrected chi connectivity index (χ3v) is 7.38. The van der Waals surface area contributed by atoms with E-state index in [-0.39, 0.29) is 0 Å². The Morgan fingerprint density at radius 3 is 2.83 bits per heavy atom. The first-order valence-corrected chi connectivity index (χ1v) is 10.1. The molecule has 1 N–H and O–H groups in total. The van der Waals surface area contributed by atoms with Crippen LogP contribution in [0.4, 0.5) is 0 Å². The molecule has 134 valence electrons. The molecule has 4 heteroatoms. The Morgan fingerprint density at radius 1 is 1.46 bits per heavy atom. The van der Waals surface area contributed by atoms with Crippen molar-refractivity contribution in [3.8, 4) is 0 Å². The second-order valence-electron chi connectivity index (χ2n) is 8.44. The second kappa shape index (κ2) is 6.60. The molecular weight excluding hydrogens is 368 g/mol. The van der Waals surface area contributed by atoms with E-state index in [4.69, 9.17) is 4.74 Å². The van der Waals surface area contributed by atoms with E-state index in [2.05, 4.69) is 34.8 Å². The van der Waals surface area contributed by atoms with Crippen LogP contribution in [0.1, 0.15) is 65.7 Å². The van der Waals surface area contributed by atoms with Crippen LogP contribution in [0.25, 0.3) is 0 Å². The molecule has 0 saturated heterocycles. The van der Waals surface area contributed by atoms with Gasteiger partial charge < -0.3 is 9.84 Å². The van der Waals surface area contributed by atoms with Crippen LogP contribution in [0.3, 0.4) is 0 Å². The van der Waals surface area contributed by atoms with Crippen LogP contribution < -0.4 is 0 Å². The number of aliphatic hydroxyl groups is 1. The summed E-state index contributed by atoms with van der Waals surface area (Å²) in [4.78, 5) is 13.8. The molecule has 3 aliphatic rings. The summed E-state index contributed by atoms with van der Waals surface area (Å²) in [7, 11) is 0. The summed E-state index contributed by atoms with van der Waals surface area (Å²) in [5, 5.41) is 9.90. The SMILES string of the molecule is C[C@H](CCC1=C[C@@](C)(O)C(=O)O1)[C@H]1CCC2C(=CBr)CCC[C@@]21C. The van der Waals surface area contributed by atoms with Gasteiger partial charge in [0.25, 0.3) is 0 Å². The fourth-order valence-corrected chi connectivity index (χ4v) is 6.01. The van der Waals surface area contributed by atoms with Gasteiger partial charge in [0.15, 0.2) is 5.60 Å².